The largest absolute Gasteiger partial charge is 0.493 e. The molecule has 0 heterocycles. The summed E-state index contributed by atoms with van der Waals surface area (Å²) in [5, 5.41) is 6.17. The number of nitrogens with zero attached hydrogens (tertiary/aromatic N) is 2. The van der Waals surface area contributed by atoms with Gasteiger partial charge < -0.3 is 25.0 Å². The normalized spacial score (nSPS) is 11.1. The summed E-state index contributed by atoms with van der Waals surface area (Å²) in [6.07, 6.45) is 0.854. The lowest BCUT2D eigenvalue weighted by Gasteiger charge is -2.14. The minimum Gasteiger partial charge on any atom is -0.493 e. The second-order valence-corrected chi connectivity index (χ2v) is 5.68. The predicted octanol–water partition coefficient (Wildman–Crippen LogP) is 1.25. The molecule has 1 rings (SSSR count). The maximum Gasteiger partial charge on any atom is 0.241 e. The van der Waals surface area contributed by atoms with Crippen LogP contribution in [0.25, 0.3) is 0 Å². The molecule has 1 amide bonds. The summed E-state index contributed by atoms with van der Waals surface area (Å²) in [5.74, 6) is 1.44. The number of ether oxygens (including phenoxy) is 2. The third-order valence-corrected chi connectivity index (χ3v) is 3.33. The molecule has 2 N–H and O–H groups in total. The molecule has 25 heavy (non-hydrogen) atoms. The number of guanidine groups is 1. The number of methoxy groups -OCH3 is 1. The van der Waals surface area contributed by atoms with Gasteiger partial charge in [-0.2, -0.15) is 0 Å². The Morgan fingerprint density at radius 2 is 2.04 bits per heavy atom. The number of hydrogen-bond donors (Lipinski definition) is 2. The number of amides is 1. The summed E-state index contributed by atoms with van der Waals surface area (Å²) in [6, 6.07) is 7.86. The molecule has 0 aliphatic rings. The van der Waals surface area contributed by atoms with Crippen LogP contribution in [0, 0.1) is 0 Å². The van der Waals surface area contributed by atoms with Crippen LogP contribution in [-0.2, 0) is 16.1 Å². The molecule has 0 bridgehead atoms. The van der Waals surface area contributed by atoms with Crippen LogP contribution >= 0.6 is 0 Å². The van der Waals surface area contributed by atoms with Crippen molar-refractivity contribution in [3.63, 3.8) is 0 Å². The summed E-state index contributed by atoms with van der Waals surface area (Å²) in [7, 11) is 5.14. The number of carbonyl (C=O) groups is 1. The number of hydrogen-bond acceptors (Lipinski definition) is 4. The summed E-state index contributed by atoms with van der Waals surface area (Å²) in [5.41, 5.74) is 1.04. The zero-order chi connectivity index (χ0) is 18.5. The summed E-state index contributed by atoms with van der Waals surface area (Å²) >= 11 is 0. The molecule has 0 fully saturated rings. The molecule has 1 aromatic rings. The van der Waals surface area contributed by atoms with Crippen molar-refractivity contribution in [1.29, 1.82) is 0 Å². The first kappa shape index (κ1) is 20.8. The van der Waals surface area contributed by atoms with Gasteiger partial charge in [0.25, 0.3) is 0 Å². The van der Waals surface area contributed by atoms with Gasteiger partial charge in [0.05, 0.1) is 19.7 Å². The van der Waals surface area contributed by atoms with Gasteiger partial charge in [0.1, 0.15) is 5.75 Å². The first-order valence-electron chi connectivity index (χ1n) is 8.49. The van der Waals surface area contributed by atoms with Gasteiger partial charge in [-0.1, -0.05) is 12.1 Å². The number of rotatable bonds is 10. The van der Waals surface area contributed by atoms with Crippen molar-refractivity contribution in [2.75, 3.05) is 47.5 Å². The quantitative estimate of drug-likeness (QED) is 0.377. The van der Waals surface area contributed by atoms with E-state index in [0.717, 1.165) is 24.3 Å². The van der Waals surface area contributed by atoms with Crippen molar-refractivity contribution in [1.82, 2.24) is 15.5 Å². The average Bonchev–Trinajstić information content (AvgIpc) is 2.61. The third kappa shape index (κ3) is 8.95. The maximum atomic E-state index is 11.7. The molecular weight excluding hydrogens is 320 g/mol. The van der Waals surface area contributed by atoms with E-state index >= 15 is 0 Å². The highest BCUT2D eigenvalue weighted by atomic mass is 16.5. The summed E-state index contributed by atoms with van der Waals surface area (Å²) < 4.78 is 10.7. The molecule has 0 spiro atoms. The Morgan fingerprint density at radius 3 is 2.72 bits per heavy atom. The smallest absolute Gasteiger partial charge is 0.241 e. The number of nitrogens with one attached hydrogen (secondary N) is 2. The first-order chi connectivity index (χ1) is 12.1. The van der Waals surface area contributed by atoms with E-state index in [9.17, 15) is 4.79 Å². The van der Waals surface area contributed by atoms with Crippen LogP contribution in [0.3, 0.4) is 0 Å². The second kappa shape index (κ2) is 12.1. The van der Waals surface area contributed by atoms with Crippen molar-refractivity contribution in [3.8, 4) is 5.75 Å². The van der Waals surface area contributed by atoms with Crippen LogP contribution in [0.2, 0.25) is 0 Å². The fraction of sp³-hybridized carbons (Fsp3) is 0.556. The van der Waals surface area contributed by atoms with Gasteiger partial charge in [0, 0.05) is 40.8 Å². The highest BCUT2D eigenvalue weighted by Crippen LogP contribution is 2.14. The van der Waals surface area contributed by atoms with Crippen molar-refractivity contribution >= 4 is 11.9 Å². The predicted molar refractivity (Wildman–Crippen MR) is 99.9 cm³/mol. The molecule has 0 unspecified atom stereocenters. The van der Waals surface area contributed by atoms with Gasteiger partial charge in [0.15, 0.2) is 5.96 Å². The zero-order valence-corrected chi connectivity index (χ0v) is 15.7. The van der Waals surface area contributed by atoms with Crippen LogP contribution in [0.4, 0.5) is 0 Å². The number of aliphatic imine (C=N–C) groups is 1. The molecule has 0 aliphatic heterocycles. The lowest BCUT2D eigenvalue weighted by molar-refractivity contribution is -0.127. The fourth-order valence-electron chi connectivity index (χ4n) is 1.96. The average molecular weight is 350 g/mol. The van der Waals surface area contributed by atoms with Gasteiger partial charge >= 0.3 is 0 Å². The molecule has 0 saturated heterocycles. The molecule has 7 heteroatoms. The SMILES string of the molecule is CCNC(=NCc1cccc(OCCCOC)c1)NCC(=O)N(C)C. The van der Waals surface area contributed by atoms with E-state index < -0.39 is 0 Å². The van der Waals surface area contributed by atoms with Crippen molar-refractivity contribution in [2.45, 2.75) is 19.9 Å². The molecule has 140 valence electrons. The van der Waals surface area contributed by atoms with Crippen LogP contribution in [0.5, 0.6) is 5.75 Å². The third-order valence-electron chi connectivity index (χ3n) is 3.33. The Hall–Kier alpha value is -2.28. The van der Waals surface area contributed by atoms with E-state index in [2.05, 4.69) is 15.6 Å². The van der Waals surface area contributed by atoms with E-state index in [-0.39, 0.29) is 12.5 Å². The zero-order valence-electron chi connectivity index (χ0n) is 15.7. The molecule has 0 aromatic heterocycles. The highest BCUT2D eigenvalue weighted by molar-refractivity contribution is 5.86. The fourth-order valence-corrected chi connectivity index (χ4v) is 1.96. The van der Waals surface area contributed by atoms with Gasteiger partial charge in [0.2, 0.25) is 5.91 Å². The van der Waals surface area contributed by atoms with Gasteiger partial charge in [-0.15, -0.1) is 0 Å². The standard InChI is InChI=1S/C18H30N4O3/c1-5-19-18(21-14-17(23)22(2)3)20-13-15-8-6-9-16(12-15)25-11-7-10-24-4/h6,8-9,12H,5,7,10-11,13-14H2,1-4H3,(H2,19,20,21). The van der Waals surface area contributed by atoms with Crippen molar-refractivity contribution in [3.05, 3.63) is 29.8 Å². The lowest BCUT2D eigenvalue weighted by atomic mass is 10.2. The van der Waals surface area contributed by atoms with E-state index in [4.69, 9.17) is 9.47 Å². The van der Waals surface area contributed by atoms with Crippen LogP contribution in [-0.4, -0.2) is 64.3 Å². The van der Waals surface area contributed by atoms with Crippen LogP contribution < -0.4 is 15.4 Å². The molecule has 0 atom stereocenters. The van der Waals surface area contributed by atoms with Crippen LogP contribution in [0.1, 0.15) is 18.9 Å². The maximum absolute atomic E-state index is 11.7. The van der Waals surface area contributed by atoms with Crippen molar-refractivity contribution in [2.24, 2.45) is 4.99 Å². The van der Waals surface area contributed by atoms with E-state index in [0.29, 0.717) is 25.7 Å². The van der Waals surface area contributed by atoms with E-state index in [1.165, 1.54) is 0 Å². The molecule has 0 aliphatic carbocycles. The number of benzene rings is 1. The van der Waals surface area contributed by atoms with Crippen molar-refractivity contribution < 1.29 is 14.3 Å². The van der Waals surface area contributed by atoms with Gasteiger partial charge in [-0.3, -0.25) is 4.79 Å². The van der Waals surface area contributed by atoms with Gasteiger partial charge in [-0.25, -0.2) is 4.99 Å². The number of carbonyl (C=O) groups excluding carboxylic acids is 1. The van der Waals surface area contributed by atoms with E-state index in [1.54, 1.807) is 26.1 Å². The van der Waals surface area contributed by atoms with Gasteiger partial charge in [-0.05, 0) is 24.6 Å². The highest BCUT2D eigenvalue weighted by Gasteiger charge is 2.05. The Bertz CT molecular complexity index is 547. The Morgan fingerprint density at radius 1 is 1.24 bits per heavy atom. The number of likely N-dealkylation sites (N-methyl/N-ethyl adjacent to an activating group) is 1. The molecule has 0 saturated carbocycles. The summed E-state index contributed by atoms with van der Waals surface area (Å²) in [6.45, 7) is 4.73. The Labute approximate surface area is 150 Å². The Balaban J connectivity index is 2.58. The topological polar surface area (TPSA) is 75.2 Å². The lowest BCUT2D eigenvalue weighted by Crippen LogP contribution is -2.42. The summed E-state index contributed by atoms with van der Waals surface area (Å²) in [4.78, 5) is 17.7. The molecule has 1 aromatic carbocycles. The second-order valence-electron chi connectivity index (χ2n) is 5.68. The monoisotopic (exact) mass is 350 g/mol. The molecular formula is C18H30N4O3. The van der Waals surface area contributed by atoms with E-state index in [1.807, 2.05) is 31.2 Å². The molecule has 7 nitrogen and oxygen atoms in total. The molecule has 0 radical (unpaired) electrons. The Kier molecular flexibility index (Phi) is 10.1. The van der Waals surface area contributed by atoms with Crippen LogP contribution in [0.15, 0.2) is 29.3 Å². The minimum atomic E-state index is -0.00272. The minimum absolute atomic E-state index is 0.00272. The first-order valence-corrected chi connectivity index (χ1v) is 8.49.